The Morgan fingerprint density at radius 2 is 2.11 bits per heavy atom. The fourth-order valence-electron chi connectivity index (χ4n) is 2.42. The Kier molecular flexibility index (Phi) is 5.64. The molecule has 0 saturated carbocycles. The van der Waals surface area contributed by atoms with Gasteiger partial charge in [0.2, 0.25) is 5.91 Å². The lowest BCUT2D eigenvalue weighted by Gasteiger charge is -2.02. The van der Waals surface area contributed by atoms with E-state index in [4.69, 9.17) is 5.26 Å². The zero-order chi connectivity index (χ0) is 19.2. The van der Waals surface area contributed by atoms with Crippen molar-refractivity contribution in [1.29, 1.82) is 5.26 Å². The van der Waals surface area contributed by atoms with Gasteiger partial charge in [0.25, 0.3) is 0 Å². The Morgan fingerprint density at radius 3 is 2.81 bits per heavy atom. The molecule has 3 aromatic rings. The number of rotatable bonds is 6. The second kappa shape index (κ2) is 8.29. The first-order valence-corrected chi connectivity index (χ1v) is 8.98. The summed E-state index contributed by atoms with van der Waals surface area (Å²) in [5.74, 6) is -0.586. The molecule has 0 fully saturated rings. The molecule has 0 aliphatic rings. The minimum atomic E-state index is -0.451. The number of hydrogen-bond acceptors (Lipinski definition) is 6. The number of nitrogens with zero attached hydrogens (tertiary/aromatic N) is 2. The molecule has 0 saturated heterocycles. The summed E-state index contributed by atoms with van der Waals surface area (Å²) in [7, 11) is 1.32. The number of benzene rings is 1. The smallest absolute Gasteiger partial charge is 0.354 e. The van der Waals surface area contributed by atoms with Crippen LogP contribution in [0.3, 0.4) is 0 Å². The van der Waals surface area contributed by atoms with Crippen molar-refractivity contribution in [3.8, 4) is 17.3 Å². The number of aromatic nitrogens is 2. The van der Waals surface area contributed by atoms with Crippen LogP contribution in [0, 0.1) is 11.3 Å². The van der Waals surface area contributed by atoms with Crippen molar-refractivity contribution >= 4 is 28.3 Å². The number of amides is 1. The standard InChI is InChI=1S/C19H16N4O3S/c1-26-18(25)15-8-14(10-21-15)16-11-27-19(22-16)23-17(24)7-6-12-2-4-13(9-20)5-3-12/h2-5,8,10-11,21H,6-7H2,1H3,(H,22,23,24). The molecule has 0 unspecified atom stereocenters. The van der Waals surface area contributed by atoms with Gasteiger partial charge in [-0.25, -0.2) is 9.78 Å². The number of carbonyl (C=O) groups is 2. The summed E-state index contributed by atoms with van der Waals surface area (Å²) in [5, 5.41) is 13.9. The van der Waals surface area contributed by atoms with Crippen LogP contribution in [-0.4, -0.2) is 29.0 Å². The molecule has 2 N–H and O–H groups in total. The number of ether oxygens (including phenoxy) is 1. The Hall–Kier alpha value is -3.44. The molecule has 3 rings (SSSR count). The molecule has 0 spiro atoms. The number of hydrogen-bond donors (Lipinski definition) is 2. The van der Waals surface area contributed by atoms with Gasteiger partial charge in [-0.15, -0.1) is 11.3 Å². The molecule has 0 aliphatic heterocycles. The number of nitriles is 1. The van der Waals surface area contributed by atoms with Gasteiger partial charge >= 0.3 is 5.97 Å². The van der Waals surface area contributed by atoms with Gasteiger partial charge in [-0.05, 0) is 30.2 Å². The van der Waals surface area contributed by atoms with Gasteiger partial charge in [0, 0.05) is 23.6 Å². The van der Waals surface area contributed by atoms with Crippen LogP contribution in [0.4, 0.5) is 5.13 Å². The SMILES string of the molecule is COC(=O)c1cc(-c2csc(NC(=O)CCc3ccc(C#N)cc3)n2)c[nH]1. The lowest BCUT2D eigenvalue weighted by molar-refractivity contribution is -0.116. The van der Waals surface area contributed by atoms with Gasteiger partial charge in [0.15, 0.2) is 5.13 Å². The second-order valence-corrected chi connectivity index (χ2v) is 6.55. The number of anilines is 1. The molecule has 136 valence electrons. The number of thiazole rings is 1. The van der Waals surface area contributed by atoms with E-state index in [-0.39, 0.29) is 5.91 Å². The van der Waals surface area contributed by atoms with E-state index >= 15 is 0 Å². The van der Waals surface area contributed by atoms with E-state index in [1.807, 2.05) is 12.1 Å². The third kappa shape index (κ3) is 4.59. The topological polar surface area (TPSA) is 108 Å². The molecular formula is C19H16N4O3S. The van der Waals surface area contributed by atoms with E-state index in [2.05, 4.69) is 26.1 Å². The van der Waals surface area contributed by atoms with E-state index < -0.39 is 5.97 Å². The fraction of sp³-hybridized carbons (Fsp3) is 0.158. The van der Waals surface area contributed by atoms with Crippen molar-refractivity contribution in [2.45, 2.75) is 12.8 Å². The fourth-order valence-corrected chi connectivity index (χ4v) is 3.16. The van der Waals surface area contributed by atoms with Gasteiger partial charge in [-0.2, -0.15) is 5.26 Å². The third-order valence-corrected chi connectivity index (χ3v) is 4.62. The number of nitrogens with one attached hydrogen (secondary N) is 2. The van der Waals surface area contributed by atoms with Gasteiger partial charge < -0.3 is 15.0 Å². The number of aromatic amines is 1. The van der Waals surface area contributed by atoms with Crippen LogP contribution in [0.1, 0.15) is 28.0 Å². The Balaban J connectivity index is 1.56. The molecule has 0 radical (unpaired) electrons. The summed E-state index contributed by atoms with van der Waals surface area (Å²) in [5.41, 5.74) is 3.33. The summed E-state index contributed by atoms with van der Waals surface area (Å²) >= 11 is 1.31. The van der Waals surface area contributed by atoms with E-state index in [9.17, 15) is 9.59 Å². The first-order valence-electron chi connectivity index (χ1n) is 8.10. The minimum absolute atomic E-state index is 0.135. The predicted octanol–water partition coefficient (Wildman–Crippen LogP) is 3.37. The zero-order valence-corrected chi connectivity index (χ0v) is 15.3. The molecule has 1 amide bonds. The highest BCUT2D eigenvalue weighted by atomic mass is 32.1. The number of aryl methyl sites for hydroxylation is 1. The summed E-state index contributed by atoms with van der Waals surface area (Å²) in [6, 6.07) is 10.9. The molecule has 7 nitrogen and oxygen atoms in total. The monoisotopic (exact) mass is 380 g/mol. The van der Waals surface area contributed by atoms with Crippen molar-refractivity contribution < 1.29 is 14.3 Å². The van der Waals surface area contributed by atoms with Crippen LogP contribution in [0.5, 0.6) is 0 Å². The van der Waals surface area contributed by atoms with Gasteiger partial charge in [0.1, 0.15) is 5.69 Å². The molecule has 0 aliphatic carbocycles. The molecule has 8 heteroatoms. The van der Waals surface area contributed by atoms with Crippen molar-refractivity contribution in [2.24, 2.45) is 0 Å². The van der Waals surface area contributed by atoms with Crippen LogP contribution < -0.4 is 5.32 Å². The maximum atomic E-state index is 12.1. The van der Waals surface area contributed by atoms with Gasteiger partial charge in [0.05, 0.1) is 24.4 Å². The molecule has 0 bridgehead atoms. The highest BCUT2D eigenvalue weighted by Crippen LogP contribution is 2.25. The largest absolute Gasteiger partial charge is 0.464 e. The normalized spacial score (nSPS) is 10.2. The zero-order valence-electron chi connectivity index (χ0n) is 14.5. The maximum Gasteiger partial charge on any atom is 0.354 e. The third-order valence-electron chi connectivity index (χ3n) is 3.86. The van der Waals surface area contributed by atoms with Crippen LogP contribution in [0.2, 0.25) is 0 Å². The Bertz CT molecular complexity index is 999. The molecule has 2 aromatic heterocycles. The van der Waals surface area contributed by atoms with Crippen LogP contribution in [0.15, 0.2) is 41.9 Å². The maximum absolute atomic E-state index is 12.1. The van der Waals surface area contributed by atoms with E-state index in [1.54, 1.807) is 29.8 Å². The average molecular weight is 380 g/mol. The summed E-state index contributed by atoms with van der Waals surface area (Å²) in [4.78, 5) is 30.8. The predicted molar refractivity (Wildman–Crippen MR) is 101 cm³/mol. The van der Waals surface area contributed by atoms with Crippen molar-refractivity contribution in [3.63, 3.8) is 0 Å². The number of esters is 1. The number of methoxy groups -OCH3 is 1. The highest BCUT2D eigenvalue weighted by molar-refractivity contribution is 7.14. The molecular weight excluding hydrogens is 364 g/mol. The first-order chi connectivity index (χ1) is 13.1. The molecule has 0 atom stereocenters. The highest BCUT2D eigenvalue weighted by Gasteiger charge is 2.13. The Morgan fingerprint density at radius 1 is 1.33 bits per heavy atom. The Labute approximate surface area is 159 Å². The second-order valence-electron chi connectivity index (χ2n) is 5.69. The van der Waals surface area contributed by atoms with Crippen LogP contribution >= 0.6 is 11.3 Å². The van der Waals surface area contributed by atoms with E-state index in [1.165, 1.54) is 18.4 Å². The van der Waals surface area contributed by atoms with Crippen LogP contribution in [-0.2, 0) is 16.0 Å². The molecule has 27 heavy (non-hydrogen) atoms. The van der Waals surface area contributed by atoms with E-state index in [0.29, 0.717) is 34.9 Å². The number of carbonyl (C=O) groups excluding carboxylic acids is 2. The van der Waals surface area contributed by atoms with Crippen molar-refractivity contribution in [1.82, 2.24) is 9.97 Å². The molecule has 1 aromatic carbocycles. The lowest BCUT2D eigenvalue weighted by atomic mass is 10.1. The van der Waals surface area contributed by atoms with Gasteiger partial charge in [-0.3, -0.25) is 4.79 Å². The van der Waals surface area contributed by atoms with Crippen molar-refractivity contribution in [3.05, 3.63) is 58.7 Å². The quantitative estimate of drug-likeness (QED) is 0.638. The summed E-state index contributed by atoms with van der Waals surface area (Å²) < 4.78 is 4.66. The number of H-pyrrole nitrogens is 1. The molecule has 2 heterocycles. The van der Waals surface area contributed by atoms with E-state index in [0.717, 1.165) is 11.1 Å². The van der Waals surface area contributed by atoms with Gasteiger partial charge in [-0.1, -0.05) is 12.1 Å². The minimum Gasteiger partial charge on any atom is -0.464 e. The lowest BCUT2D eigenvalue weighted by Crippen LogP contribution is -2.12. The first kappa shape index (κ1) is 18.4. The van der Waals surface area contributed by atoms with Crippen LogP contribution in [0.25, 0.3) is 11.3 Å². The average Bonchev–Trinajstić information content (AvgIpc) is 3.35. The van der Waals surface area contributed by atoms with Crippen molar-refractivity contribution in [2.75, 3.05) is 12.4 Å². The summed E-state index contributed by atoms with van der Waals surface area (Å²) in [6.07, 6.45) is 2.56. The summed E-state index contributed by atoms with van der Waals surface area (Å²) in [6.45, 7) is 0.